The van der Waals surface area contributed by atoms with E-state index in [4.69, 9.17) is 10.5 Å². The SMILES string of the molecule is CCCCOCC1CCCCC1CN. The molecule has 1 aliphatic rings. The zero-order valence-electron chi connectivity index (χ0n) is 9.50. The van der Waals surface area contributed by atoms with Crippen LogP contribution in [-0.2, 0) is 4.74 Å². The molecule has 0 radical (unpaired) electrons. The van der Waals surface area contributed by atoms with Crippen molar-refractivity contribution in [3.05, 3.63) is 0 Å². The van der Waals surface area contributed by atoms with Gasteiger partial charge in [-0.2, -0.15) is 0 Å². The van der Waals surface area contributed by atoms with Crippen molar-refractivity contribution in [1.29, 1.82) is 0 Å². The minimum atomic E-state index is 0.727. The van der Waals surface area contributed by atoms with Crippen LogP contribution in [-0.4, -0.2) is 19.8 Å². The summed E-state index contributed by atoms with van der Waals surface area (Å²) in [4.78, 5) is 0. The molecule has 0 aromatic carbocycles. The average molecular weight is 199 g/mol. The van der Waals surface area contributed by atoms with Crippen LogP contribution in [0.2, 0.25) is 0 Å². The molecule has 0 heterocycles. The van der Waals surface area contributed by atoms with E-state index in [0.717, 1.165) is 31.6 Å². The summed E-state index contributed by atoms with van der Waals surface area (Å²) in [6, 6.07) is 0. The third-order valence-corrected chi connectivity index (χ3v) is 3.34. The second-order valence-electron chi connectivity index (χ2n) is 4.47. The predicted molar refractivity (Wildman–Crippen MR) is 60.2 cm³/mol. The van der Waals surface area contributed by atoms with E-state index in [1.807, 2.05) is 0 Å². The Bertz CT molecular complexity index is 138. The maximum absolute atomic E-state index is 5.77. The lowest BCUT2D eigenvalue weighted by atomic mass is 9.80. The van der Waals surface area contributed by atoms with Gasteiger partial charge in [-0.15, -0.1) is 0 Å². The Kier molecular flexibility index (Phi) is 6.20. The van der Waals surface area contributed by atoms with Gasteiger partial charge >= 0.3 is 0 Å². The van der Waals surface area contributed by atoms with Crippen LogP contribution < -0.4 is 5.73 Å². The Hall–Kier alpha value is -0.0800. The fraction of sp³-hybridized carbons (Fsp3) is 1.00. The molecule has 2 N–H and O–H groups in total. The van der Waals surface area contributed by atoms with Crippen LogP contribution in [0.1, 0.15) is 45.4 Å². The molecule has 0 saturated heterocycles. The number of rotatable bonds is 6. The molecule has 1 fully saturated rings. The summed E-state index contributed by atoms with van der Waals surface area (Å²) >= 11 is 0. The Labute approximate surface area is 88.2 Å². The first-order chi connectivity index (χ1) is 6.88. The number of ether oxygens (including phenoxy) is 1. The van der Waals surface area contributed by atoms with Crippen molar-refractivity contribution in [3.63, 3.8) is 0 Å². The second-order valence-corrected chi connectivity index (χ2v) is 4.47. The molecule has 1 aliphatic carbocycles. The standard InChI is InChI=1S/C12H25NO/c1-2-3-8-14-10-12-7-5-4-6-11(12)9-13/h11-12H,2-10,13H2,1H3. The van der Waals surface area contributed by atoms with Gasteiger partial charge in [-0.1, -0.05) is 26.2 Å². The van der Waals surface area contributed by atoms with Gasteiger partial charge in [0.05, 0.1) is 0 Å². The fourth-order valence-corrected chi connectivity index (χ4v) is 2.30. The third-order valence-electron chi connectivity index (χ3n) is 3.34. The van der Waals surface area contributed by atoms with Gasteiger partial charge in [0, 0.05) is 13.2 Å². The molecule has 0 aromatic heterocycles. The Morgan fingerprint density at radius 3 is 2.57 bits per heavy atom. The van der Waals surface area contributed by atoms with Crippen LogP contribution in [0, 0.1) is 11.8 Å². The average Bonchev–Trinajstić information content (AvgIpc) is 2.25. The van der Waals surface area contributed by atoms with Gasteiger partial charge in [0.15, 0.2) is 0 Å². The first-order valence-corrected chi connectivity index (χ1v) is 6.16. The Morgan fingerprint density at radius 2 is 1.93 bits per heavy atom. The van der Waals surface area contributed by atoms with Crippen molar-refractivity contribution in [2.24, 2.45) is 17.6 Å². The smallest absolute Gasteiger partial charge is 0.0497 e. The molecule has 2 atom stereocenters. The summed E-state index contributed by atoms with van der Waals surface area (Å²) in [6.07, 6.45) is 7.81. The highest BCUT2D eigenvalue weighted by atomic mass is 16.5. The lowest BCUT2D eigenvalue weighted by Gasteiger charge is -2.30. The molecule has 0 amide bonds. The minimum absolute atomic E-state index is 0.727. The third kappa shape index (κ3) is 3.97. The highest BCUT2D eigenvalue weighted by molar-refractivity contribution is 4.75. The number of unbranched alkanes of at least 4 members (excludes halogenated alkanes) is 1. The highest BCUT2D eigenvalue weighted by Gasteiger charge is 2.23. The van der Waals surface area contributed by atoms with Crippen molar-refractivity contribution >= 4 is 0 Å². The Morgan fingerprint density at radius 1 is 1.21 bits per heavy atom. The van der Waals surface area contributed by atoms with Gasteiger partial charge in [-0.3, -0.25) is 0 Å². The van der Waals surface area contributed by atoms with Crippen LogP contribution in [0.5, 0.6) is 0 Å². The van der Waals surface area contributed by atoms with E-state index < -0.39 is 0 Å². The van der Waals surface area contributed by atoms with E-state index in [0.29, 0.717) is 0 Å². The molecule has 0 aromatic rings. The fourth-order valence-electron chi connectivity index (χ4n) is 2.30. The minimum Gasteiger partial charge on any atom is -0.381 e. The van der Waals surface area contributed by atoms with Crippen molar-refractivity contribution < 1.29 is 4.74 Å². The van der Waals surface area contributed by atoms with Crippen LogP contribution >= 0.6 is 0 Å². The predicted octanol–water partition coefficient (Wildman–Crippen LogP) is 2.57. The van der Waals surface area contributed by atoms with Gasteiger partial charge in [0.1, 0.15) is 0 Å². The van der Waals surface area contributed by atoms with Gasteiger partial charge < -0.3 is 10.5 Å². The van der Waals surface area contributed by atoms with Crippen LogP contribution in [0.4, 0.5) is 0 Å². The molecule has 2 nitrogen and oxygen atoms in total. The first kappa shape index (κ1) is 12.0. The summed E-state index contributed by atoms with van der Waals surface area (Å²) in [5.41, 5.74) is 5.77. The van der Waals surface area contributed by atoms with Crippen LogP contribution in [0.15, 0.2) is 0 Å². The number of nitrogens with two attached hydrogens (primary N) is 1. The maximum Gasteiger partial charge on any atom is 0.0497 e. The molecule has 84 valence electrons. The molecule has 1 rings (SSSR count). The molecule has 2 heteroatoms. The maximum atomic E-state index is 5.77. The van der Waals surface area contributed by atoms with Gasteiger partial charge in [0.2, 0.25) is 0 Å². The topological polar surface area (TPSA) is 35.2 Å². The zero-order valence-corrected chi connectivity index (χ0v) is 9.50. The summed E-state index contributed by atoms with van der Waals surface area (Å²) in [5.74, 6) is 1.47. The summed E-state index contributed by atoms with van der Waals surface area (Å²) in [7, 11) is 0. The number of hydrogen-bond acceptors (Lipinski definition) is 2. The lowest BCUT2D eigenvalue weighted by Crippen LogP contribution is -2.30. The largest absolute Gasteiger partial charge is 0.381 e. The molecule has 0 spiro atoms. The second kappa shape index (κ2) is 7.24. The normalized spacial score (nSPS) is 27.9. The monoisotopic (exact) mass is 199 g/mol. The van der Waals surface area contributed by atoms with Gasteiger partial charge in [0.25, 0.3) is 0 Å². The van der Waals surface area contributed by atoms with Gasteiger partial charge in [-0.05, 0) is 37.6 Å². The summed E-state index contributed by atoms with van der Waals surface area (Å²) < 4.78 is 5.69. The van der Waals surface area contributed by atoms with E-state index in [9.17, 15) is 0 Å². The van der Waals surface area contributed by atoms with Gasteiger partial charge in [-0.25, -0.2) is 0 Å². The molecule has 2 unspecified atom stereocenters. The summed E-state index contributed by atoms with van der Waals surface area (Å²) in [5, 5.41) is 0. The molecule has 1 saturated carbocycles. The van der Waals surface area contributed by atoms with E-state index in [1.165, 1.54) is 38.5 Å². The van der Waals surface area contributed by atoms with E-state index in [1.54, 1.807) is 0 Å². The zero-order chi connectivity index (χ0) is 10.2. The molecule has 0 aliphatic heterocycles. The van der Waals surface area contributed by atoms with Crippen molar-refractivity contribution in [2.75, 3.05) is 19.8 Å². The quantitative estimate of drug-likeness (QED) is 0.667. The van der Waals surface area contributed by atoms with Crippen molar-refractivity contribution in [2.45, 2.75) is 45.4 Å². The lowest BCUT2D eigenvalue weighted by molar-refractivity contribution is 0.0596. The summed E-state index contributed by atoms with van der Waals surface area (Å²) in [6.45, 7) is 4.93. The first-order valence-electron chi connectivity index (χ1n) is 6.16. The Balaban J connectivity index is 2.13. The highest BCUT2D eigenvalue weighted by Crippen LogP contribution is 2.29. The van der Waals surface area contributed by atoms with Crippen LogP contribution in [0.25, 0.3) is 0 Å². The van der Waals surface area contributed by atoms with Crippen molar-refractivity contribution in [3.8, 4) is 0 Å². The van der Waals surface area contributed by atoms with E-state index >= 15 is 0 Å². The molecular formula is C12H25NO. The number of hydrogen-bond donors (Lipinski definition) is 1. The van der Waals surface area contributed by atoms with E-state index in [-0.39, 0.29) is 0 Å². The molecular weight excluding hydrogens is 174 g/mol. The van der Waals surface area contributed by atoms with Crippen LogP contribution in [0.3, 0.4) is 0 Å². The van der Waals surface area contributed by atoms with Crippen molar-refractivity contribution in [1.82, 2.24) is 0 Å². The van der Waals surface area contributed by atoms with E-state index in [2.05, 4.69) is 6.92 Å². The molecule has 0 bridgehead atoms. The molecule has 14 heavy (non-hydrogen) atoms.